The molecule has 3 aromatic rings. The molecule has 0 aliphatic rings. The summed E-state index contributed by atoms with van der Waals surface area (Å²) in [5.41, 5.74) is 3.23. The lowest BCUT2D eigenvalue weighted by atomic mass is 10.1. The van der Waals surface area contributed by atoms with Gasteiger partial charge in [0, 0.05) is 29.9 Å². The van der Waals surface area contributed by atoms with Crippen LogP contribution in [-0.2, 0) is 11.2 Å². The highest BCUT2D eigenvalue weighted by Crippen LogP contribution is 2.15. The third-order valence-electron chi connectivity index (χ3n) is 3.96. The maximum Gasteiger partial charge on any atom is 0.244 e. The molecule has 1 amide bonds. The molecule has 0 fully saturated rings. The summed E-state index contributed by atoms with van der Waals surface area (Å²) < 4.78 is 1.82. The van der Waals surface area contributed by atoms with E-state index in [1.165, 1.54) is 10.5 Å². The Kier molecular flexibility index (Phi) is 6.28. The lowest BCUT2D eigenvalue weighted by Crippen LogP contribution is -2.23. The van der Waals surface area contributed by atoms with Gasteiger partial charge in [-0.15, -0.1) is 11.8 Å². The van der Waals surface area contributed by atoms with Crippen LogP contribution in [0.4, 0.5) is 0 Å². The zero-order valence-corrected chi connectivity index (χ0v) is 15.4. The van der Waals surface area contributed by atoms with Gasteiger partial charge in [-0.2, -0.15) is 5.10 Å². The molecule has 0 aliphatic carbocycles. The van der Waals surface area contributed by atoms with Crippen molar-refractivity contribution < 1.29 is 4.79 Å². The Morgan fingerprint density at radius 3 is 2.58 bits per heavy atom. The van der Waals surface area contributed by atoms with Crippen LogP contribution in [0.3, 0.4) is 0 Å². The predicted octanol–water partition coefficient (Wildman–Crippen LogP) is 3.97. The van der Waals surface area contributed by atoms with Gasteiger partial charge in [0.1, 0.15) is 0 Å². The fourth-order valence-corrected chi connectivity index (χ4v) is 2.92. The van der Waals surface area contributed by atoms with Crippen molar-refractivity contribution in [2.45, 2.75) is 11.3 Å². The minimum atomic E-state index is -0.0768. The van der Waals surface area contributed by atoms with E-state index in [0.29, 0.717) is 6.54 Å². The molecule has 26 heavy (non-hydrogen) atoms. The van der Waals surface area contributed by atoms with Crippen LogP contribution in [0.15, 0.2) is 78.0 Å². The molecule has 1 aromatic heterocycles. The topological polar surface area (TPSA) is 46.9 Å². The summed E-state index contributed by atoms with van der Waals surface area (Å²) >= 11 is 1.70. The van der Waals surface area contributed by atoms with Gasteiger partial charge in [0.05, 0.1) is 5.69 Å². The van der Waals surface area contributed by atoms with Crippen molar-refractivity contribution in [2.24, 2.45) is 0 Å². The molecule has 1 heterocycles. The Balaban J connectivity index is 1.45. The second-order valence-corrected chi connectivity index (χ2v) is 6.64. The smallest absolute Gasteiger partial charge is 0.244 e. The highest BCUT2D eigenvalue weighted by Gasteiger charge is 1.99. The SMILES string of the molecule is CSc1ccc(/C=C/C(=O)NCCc2ccc(-n3cccn3)cc2)cc1. The first kappa shape index (κ1) is 18.0. The Morgan fingerprint density at radius 1 is 1.15 bits per heavy atom. The normalized spacial score (nSPS) is 11.0. The summed E-state index contributed by atoms with van der Waals surface area (Å²) in [6, 6.07) is 18.2. The van der Waals surface area contributed by atoms with E-state index in [4.69, 9.17) is 0 Å². The summed E-state index contributed by atoms with van der Waals surface area (Å²) in [5, 5.41) is 7.13. The number of carbonyl (C=O) groups is 1. The van der Waals surface area contributed by atoms with Gasteiger partial charge in [-0.1, -0.05) is 24.3 Å². The molecule has 0 saturated heterocycles. The fourth-order valence-electron chi connectivity index (χ4n) is 2.51. The van der Waals surface area contributed by atoms with Crippen molar-refractivity contribution >= 4 is 23.7 Å². The first-order valence-corrected chi connectivity index (χ1v) is 9.66. The van der Waals surface area contributed by atoms with Crippen LogP contribution in [0.5, 0.6) is 0 Å². The number of nitrogens with one attached hydrogen (secondary N) is 1. The Labute approximate surface area is 157 Å². The fraction of sp³-hybridized carbons (Fsp3) is 0.143. The molecule has 3 rings (SSSR count). The van der Waals surface area contributed by atoms with E-state index in [-0.39, 0.29) is 5.91 Å². The number of carbonyl (C=O) groups excluding carboxylic acids is 1. The van der Waals surface area contributed by atoms with Gasteiger partial charge in [0.15, 0.2) is 0 Å². The molecule has 0 spiro atoms. The van der Waals surface area contributed by atoms with Crippen molar-refractivity contribution in [3.8, 4) is 5.69 Å². The number of hydrogen-bond donors (Lipinski definition) is 1. The molecular formula is C21H21N3OS. The molecule has 5 heteroatoms. The monoisotopic (exact) mass is 363 g/mol. The number of thioether (sulfide) groups is 1. The number of aromatic nitrogens is 2. The lowest BCUT2D eigenvalue weighted by Gasteiger charge is -2.05. The molecular weight excluding hydrogens is 342 g/mol. The van der Waals surface area contributed by atoms with E-state index in [1.54, 1.807) is 24.0 Å². The zero-order valence-electron chi connectivity index (χ0n) is 14.6. The van der Waals surface area contributed by atoms with Gasteiger partial charge in [-0.25, -0.2) is 4.68 Å². The molecule has 1 N–H and O–H groups in total. The van der Waals surface area contributed by atoms with Gasteiger partial charge in [-0.05, 0) is 60.2 Å². The number of hydrogen-bond acceptors (Lipinski definition) is 3. The van der Waals surface area contributed by atoms with E-state index < -0.39 is 0 Å². The minimum absolute atomic E-state index is 0.0768. The van der Waals surface area contributed by atoms with Crippen LogP contribution in [0.25, 0.3) is 11.8 Å². The summed E-state index contributed by atoms with van der Waals surface area (Å²) in [5.74, 6) is -0.0768. The Morgan fingerprint density at radius 2 is 1.92 bits per heavy atom. The third kappa shape index (κ3) is 5.10. The number of benzene rings is 2. The highest BCUT2D eigenvalue weighted by molar-refractivity contribution is 7.98. The first-order valence-electron chi connectivity index (χ1n) is 8.43. The Hall–Kier alpha value is -2.79. The number of amides is 1. The van der Waals surface area contributed by atoms with Crippen molar-refractivity contribution in [1.29, 1.82) is 0 Å². The lowest BCUT2D eigenvalue weighted by molar-refractivity contribution is -0.116. The summed E-state index contributed by atoms with van der Waals surface area (Å²) in [6.07, 6.45) is 9.92. The first-order chi connectivity index (χ1) is 12.7. The quantitative estimate of drug-likeness (QED) is 0.510. The van der Waals surface area contributed by atoms with Crippen LogP contribution >= 0.6 is 11.8 Å². The second-order valence-electron chi connectivity index (χ2n) is 5.76. The number of rotatable bonds is 7. The van der Waals surface area contributed by atoms with Crippen molar-refractivity contribution in [1.82, 2.24) is 15.1 Å². The standard InChI is InChI=1S/C21H21N3OS/c1-26-20-10-5-17(6-11-20)7-12-21(25)22-15-13-18-3-8-19(9-4-18)24-16-2-14-23-24/h2-12,14,16H,13,15H2,1H3,(H,22,25)/b12-7+. The zero-order chi connectivity index (χ0) is 18.2. The predicted molar refractivity (Wildman–Crippen MR) is 108 cm³/mol. The summed E-state index contributed by atoms with van der Waals surface area (Å²) in [6.45, 7) is 0.607. The van der Waals surface area contributed by atoms with Gasteiger partial charge < -0.3 is 5.32 Å². The van der Waals surface area contributed by atoms with Crippen molar-refractivity contribution in [3.63, 3.8) is 0 Å². The molecule has 0 radical (unpaired) electrons. The van der Waals surface area contributed by atoms with Crippen LogP contribution in [0.2, 0.25) is 0 Å². The van der Waals surface area contributed by atoms with E-state index in [0.717, 1.165) is 17.7 Å². The Bertz CT molecular complexity index is 853. The third-order valence-corrected chi connectivity index (χ3v) is 4.70. The largest absolute Gasteiger partial charge is 0.352 e. The minimum Gasteiger partial charge on any atom is -0.352 e. The average molecular weight is 363 g/mol. The van der Waals surface area contributed by atoms with Gasteiger partial charge >= 0.3 is 0 Å². The van der Waals surface area contributed by atoms with Gasteiger partial charge in [0.2, 0.25) is 5.91 Å². The molecule has 132 valence electrons. The van der Waals surface area contributed by atoms with E-state index in [2.05, 4.69) is 34.7 Å². The highest BCUT2D eigenvalue weighted by atomic mass is 32.2. The molecule has 0 bridgehead atoms. The maximum atomic E-state index is 11.9. The average Bonchev–Trinajstić information content (AvgIpc) is 3.22. The molecule has 0 saturated carbocycles. The van der Waals surface area contributed by atoms with E-state index >= 15 is 0 Å². The van der Waals surface area contributed by atoms with Crippen molar-refractivity contribution in [3.05, 3.63) is 84.2 Å². The van der Waals surface area contributed by atoms with E-state index in [1.807, 2.05) is 53.5 Å². The molecule has 0 atom stereocenters. The van der Waals surface area contributed by atoms with Crippen LogP contribution in [0, 0.1) is 0 Å². The molecule has 0 aliphatic heterocycles. The van der Waals surface area contributed by atoms with Crippen molar-refractivity contribution in [2.75, 3.05) is 12.8 Å². The van der Waals surface area contributed by atoms with Gasteiger partial charge in [-0.3, -0.25) is 4.79 Å². The van der Waals surface area contributed by atoms with Crippen LogP contribution < -0.4 is 5.32 Å². The van der Waals surface area contributed by atoms with Gasteiger partial charge in [0.25, 0.3) is 0 Å². The maximum absolute atomic E-state index is 11.9. The van der Waals surface area contributed by atoms with E-state index in [9.17, 15) is 4.79 Å². The summed E-state index contributed by atoms with van der Waals surface area (Å²) in [7, 11) is 0. The summed E-state index contributed by atoms with van der Waals surface area (Å²) in [4.78, 5) is 13.1. The van der Waals surface area contributed by atoms with Crippen LogP contribution in [0.1, 0.15) is 11.1 Å². The second kappa shape index (κ2) is 9.06. The number of nitrogens with zero attached hydrogens (tertiary/aromatic N) is 2. The molecule has 2 aromatic carbocycles. The van der Waals surface area contributed by atoms with Crippen LogP contribution in [-0.4, -0.2) is 28.5 Å². The molecule has 0 unspecified atom stereocenters. The molecule has 4 nitrogen and oxygen atoms in total.